The minimum atomic E-state index is 0.302. The van der Waals surface area contributed by atoms with Gasteiger partial charge in [0, 0.05) is 24.2 Å². The first-order valence-electron chi connectivity index (χ1n) is 4.28. The Hall–Kier alpha value is -0.350. The van der Waals surface area contributed by atoms with Crippen LogP contribution in [0.2, 0.25) is 0 Å². The molecule has 0 radical (unpaired) electrons. The number of hydrogen-bond donors (Lipinski definition) is 0. The molecule has 0 saturated carbocycles. The summed E-state index contributed by atoms with van der Waals surface area (Å²) in [4.78, 5) is 0. The van der Waals surface area contributed by atoms with Crippen LogP contribution >= 0.6 is 15.9 Å². The lowest BCUT2D eigenvalue weighted by molar-refractivity contribution is 0.157. The highest BCUT2D eigenvalue weighted by atomic mass is 79.9. The van der Waals surface area contributed by atoms with Crippen LogP contribution < -0.4 is 0 Å². The van der Waals surface area contributed by atoms with Gasteiger partial charge in [0.15, 0.2) is 0 Å². The van der Waals surface area contributed by atoms with E-state index in [-0.39, 0.29) is 0 Å². The van der Waals surface area contributed by atoms with Gasteiger partial charge in [-0.1, -0.05) is 15.9 Å². The number of rotatable bonds is 4. The first-order valence-corrected chi connectivity index (χ1v) is 5.40. The maximum atomic E-state index is 5.07. The molecule has 4 heteroatoms. The number of aryl methyl sites for hydroxylation is 1. The van der Waals surface area contributed by atoms with Crippen molar-refractivity contribution in [2.45, 2.75) is 25.2 Å². The van der Waals surface area contributed by atoms with Gasteiger partial charge in [0.2, 0.25) is 0 Å². The Labute approximate surface area is 87.2 Å². The van der Waals surface area contributed by atoms with Gasteiger partial charge in [0.1, 0.15) is 0 Å². The van der Waals surface area contributed by atoms with Crippen molar-refractivity contribution in [3.8, 4) is 0 Å². The van der Waals surface area contributed by atoms with Crippen LogP contribution in [0.15, 0.2) is 6.20 Å². The van der Waals surface area contributed by atoms with E-state index >= 15 is 0 Å². The minimum absolute atomic E-state index is 0.302. The molecule has 13 heavy (non-hydrogen) atoms. The molecular formula is C9H15BrN2O. The van der Waals surface area contributed by atoms with Crippen molar-refractivity contribution in [1.82, 2.24) is 9.78 Å². The van der Waals surface area contributed by atoms with Crippen LogP contribution in [0.3, 0.4) is 0 Å². The SMILES string of the molecule is COCC(C)n1cc(CBr)c(C)n1. The van der Waals surface area contributed by atoms with E-state index in [1.807, 2.05) is 11.6 Å². The Morgan fingerprint density at radius 1 is 1.69 bits per heavy atom. The van der Waals surface area contributed by atoms with E-state index in [2.05, 4.69) is 34.1 Å². The molecule has 0 spiro atoms. The normalized spacial score (nSPS) is 13.2. The highest BCUT2D eigenvalue weighted by Crippen LogP contribution is 2.13. The fourth-order valence-electron chi connectivity index (χ4n) is 1.19. The molecule has 1 aromatic rings. The second-order valence-electron chi connectivity index (χ2n) is 3.16. The molecule has 1 heterocycles. The van der Waals surface area contributed by atoms with Crippen LogP contribution in [0.5, 0.6) is 0 Å². The van der Waals surface area contributed by atoms with E-state index in [0.29, 0.717) is 12.6 Å². The number of nitrogens with zero attached hydrogens (tertiary/aromatic N) is 2. The van der Waals surface area contributed by atoms with Gasteiger partial charge in [-0.15, -0.1) is 0 Å². The largest absolute Gasteiger partial charge is 0.382 e. The summed E-state index contributed by atoms with van der Waals surface area (Å²) >= 11 is 3.43. The maximum Gasteiger partial charge on any atom is 0.0724 e. The van der Waals surface area contributed by atoms with Crippen LogP contribution in [-0.2, 0) is 10.1 Å². The average Bonchev–Trinajstić information content (AvgIpc) is 2.47. The Bertz CT molecular complexity index is 273. The zero-order valence-corrected chi connectivity index (χ0v) is 9.84. The van der Waals surface area contributed by atoms with E-state index in [0.717, 1.165) is 11.0 Å². The highest BCUT2D eigenvalue weighted by molar-refractivity contribution is 9.08. The summed E-state index contributed by atoms with van der Waals surface area (Å²) in [5.41, 5.74) is 2.32. The third kappa shape index (κ3) is 2.54. The molecule has 1 atom stereocenters. The van der Waals surface area contributed by atoms with Gasteiger partial charge < -0.3 is 4.74 Å². The third-order valence-corrected chi connectivity index (χ3v) is 2.63. The molecule has 0 saturated heterocycles. The lowest BCUT2D eigenvalue weighted by Gasteiger charge is -2.09. The average molecular weight is 247 g/mol. The molecule has 0 amide bonds. The standard InChI is InChI=1S/C9H15BrN2O/c1-7(6-13-3)12-5-9(4-10)8(2)11-12/h5,7H,4,6H2,1-3H3. The van der Waals surface area contributed by atoms with Crippen molar-refractivity contribution in [1.29, 1.82) is 0 Å². The van der Waals surface area contributed by atoms with Crippen LogP contribution in [0.4, 0.5) is 0 Å². The van der Waals surface area contributed by atoms with Gasteiger partial charge >= 0.3 is 0 Å². The van der Waals surface area contributed by atoms with Gasteiger partial charge in [-0.2, -0.15) is 5.10 Å². The lowest BCUT2D eigenvalue weighted by atomic mass is 10.3. The van der Waals surface area contributed by atoms with E-state index in [9.17, 15) is 0 Å². The topological polar surface area (TPSA) is 27.1 Å². The number of alkyl halides is 1. The number of methoxy groups -OCH3 is 1. The van der Waals surface area contributed by atoms with Crippen molar-refractivity contribution in [3.05, 3.63) is 17.5 Å². The van der Waals surface area contributed by atoms with Gasteiger partial charge in [0.05, 0.1) is 18.3 Å². The second-order valence-corrected chi connectivity index (χ2v) is 3.72. The van der Waals surface area contributed by atoms with E-state index < -0.39 is 0 Å². The highest BCUT2D eigenvalue weighted by Gasteiger charge is 2.08. The van der Waals surface area contributed by atoms with Crippen LogP contribution in [0.1, 0.15) is 24.2 Å². The molecule has 3 nitrogen and oxygen atoms in total. The molecule has 1 aromatic heterocycles. The second kappa shape index (κ2) is 4.77. The van der Waals surface area contributed by atoms with Crippen molar-refractivity contribution in [2.24, 2.45) is 0 Å². The molecule has 1 rings (SSSR count). The zero-order chi connectivity index (χ0) is 9.84. The number of halogens is 1. The van der Waals surface area contributed by atoms with E-state index in [1.165, 1.54) is 5.56 Å². The molecule has 0 fully saturated rings. The van der Waals surface area contributed by atoms with Crippen LogP contribution in [0.25, 0.3) is 0 Å². The van der Waals surface area contributed by atoms with Gasteiger partial charge in [0.25, 0.3) is 0 Å². The fourth-order valence-corrected chi connectivity index (χ4v) is 1.74. The van der Waals surface area contributed by atoms with Crippen molar-refractivity contribution >= 4 is 15.9 Å². The molecule has 0 aromatic carbocycles. The molecule has 0 N–H and O–H groups in total. The van der Waals surface area contributed by atoms with Gasteiger partial charge in [-0.3, -0.25) is 4.68 Å². The van der Waals surface area contributed by atoms with Crippen LogP contribution in [-0.4, -0.2) is 23.5 Å². The Morgan fingerprint density at radius 2 is 2.38 bits per heavy atom. The first-order chi connectivity index (χ1) is 6.19. The lowest BCUT2D eigenvalue weighted by Crippen LogP contribution is -2.11. The quantitative estimate of drug-likeness (QED) is 0.763. The summed E-state index contributed by atoms with van der Waals surface area (Å²) in [6.45, 7) is 4.81. The van der Waals surface area contributed by atoms with Crippen molar-refractivity contribution in [2.75, 3.05) is 13.7 Å². The third-order valence-electron chi connectivity index (χ3n) is 2.02. The molecule has 0 aliphatic carbocycles. The number of aromatic nitrogens is 2. The molecule has 0 aliphatic rings. The summed E-state index contributed by atoms with van der Waals surface area (Å²) in [6.07, 6.45) is 2.06. The van der Waals surface area contributed by atoms with Crippen molar-refractivity contribution in [3.63, 3.8) is 0 Å². The Morgan fingerprint density at radius 3 is 2.85 bits per heavy atom. The molecule has 74 valence electrons. The first kappa shape index (κ1) is 10.7. The minimum Gasteiger partial charge on any atom is -0.382 e. The summed E-state index contributed by atoms with van der Waals surface area (Å²) in [5, 5.41) is 5.27. The maximum absolute atomic E-state index is 5.07. The fraction of sp³-hybridized carbons (Fsp3) is 0.667. The van der Waals surface area contributed by atoms with Gasteiger partial charge in [-0.25, -0.2) is 0 Å². The smallest absolute Gasteiger partial charge is 0.0724 e. The van der Waals surface area contributed by atoms with Gasteiger partial charge in [-0.05, 0) is 13.8 Å². The van der Waals surface area contributed by atoms with E-state index in [4.69, 9.17) is 4.74 Å². The molecular weight excluding hydrogens is 232 g/mol. The summed E-state index contributed by atoms with van der Waals surface area (Å²) in [7, 11) is 1.71. The zero-order valence-electron chi connectivity index (χ0n) is 8.25. The molecule has 0 aliphatic heterocycles. The summed E-state index contributed by atoms with van der Waals surface area (Å²) in [5.74, 6) is 0. The molecule has 0 bridgehead atoms. The predicted molar refractivity (Wildman–Crippen MR) is 56.2 cm³/mol. The predicted octanol–water partition coefficient (Wildman–Crippen LogP) is 2.29. The van der Waals surface area contributed by atoms with Crippen LogP contribution in [0, 0.1) is 6.92 Å². The van der Waals surface area contributed by atoms with E-state index in [1.54, 1.807) is 7.11 Å². The summed E-state index contributed by atoms with van der Waals surface area (Å²) < 4.78 is 7.02. The number of ether oxygens (including phenoxy) is 1. The Kier molecular flexibility index (Phi) is 3.93. The Balaban J connectivity index is 2.77. The monoisotopic (exact) mass is 246 g/mol. The molecule has 1 unspecified atom stereocenters. The summed E-state index contributed by atoms with van der Waals surface area (Å²) in [6, 6.07) is 0.302. The number of hydrogen-bond acceptors (Lipinski definition) is 2. The van der Waals surface area contributed by atoms with Crippen molar-refractivity contribution < 1.29 is 4.74 Å².